The normalized spacial score (nSPS) is 14.0. The van der Waals surface area contributed by atoms with Crippen LogP contribution in [0, 0.1) is 6.92 Å². The van der Waals surface area contributed by atoms with Gasteiger partial charge in [-0.25, -0.2) is 4.98 Å². The highest BCUT2D eigenvalue weighted by Gasteiger charge is 2.24. The Hall–Kier alpha value is -4.11. The van der Waals surface area contributed by atoms with Crippen molar-refractivity contribution in [1.82, 2.24) is 10.3 Å². The Kier molecular flexibility index (Phi) is 8.02. The zero-order chi connectivity index (χ0) is 25.5. The third-order valence-electron chi connectivity index (χ3n) is 5.16. The molecule has 0 spiro atoms. The minimum absolute atomic E-state index is 0.178. The van der Waals surface area contributed by atoms with Crippen LogP contribution in [0.4, 0.5) is 4.79 Å². The number of aromatic nitrogens is 1. The molecule has 1 fully saturated rings. The van der Waals surface area contributed by atoms with Gasteiger partial charge < -0.3 is 14.2 Å². The molecule has 4 rings (SSSR count). The number of hydrogen-bond acceptors (Lipinski definition) is 8. The number of carbonyl (C=O) groups is 3. The second-order valence-electron chi connectivity index (χ2n) is 7.88. The Bertz CT molecular complexity index is 1320. The fraction of sp³-hybridized carbons (Fsp3) is 0.185. The molecule has 3 aromatic rings. The molecule has 0 bridgehead atoms. The van der Waals surface area contributed by atoms with Gasteiger partial charge in [0.1, 0.15) is 25.6 Å². The molecule has 0 aliphatic carbocycles. The van der Waals surface area contributed by atoms with Crippen LogP contribution < -0.4 is 14.8 Å². The van der Waals surface area contributed by atoms with Crippen LogP contribution in [0.15, 0.2) is 65.6 Å². The first kappa shape index (κ1) is 25.0. The molecule has 0 saturated carbocycles. The van der Waals surface area contributed by atoms with E-state index in [2.05, 4.69) is 16.4 Å². The van der Waals surface area contributed by atoms with Gasteiger partial charge in [0.2, 0.25) is 5.88 Å². The van der Waals surface area contributed by atoms with Crippen LogP contribution in [0.25, 0.3) is 17.2 Å². The molecule has 0 unspecified atom stereocenters. The van der Waals surface area contributed by atoms with Gasteiger partial charge in [0.05, 0.1) is 4.91 Å². The van der Waals surface area contributed by atoms with Crippen LogP contribution >= 0.6 is 11.8 Å². The Balaban J connectivity index is 1.36. The van der Waals surface area contributed by atoms with Crippen molar-refractivity contribution in [3.63, 3.8) is 0 Å². The van der Waals surface area contributed by atoms with Crippen LogP contribution in [0.5, 0.6) is 11.6 Å². The summed E-state index contributed by atoms with van der Waals surface area (Å²) in [6.07, 6.45) is 1.67. The zero-order valence-corrected chi connectivity index (χ0v) is 20.6. The zero-order valence-electron chi connectivity index (χ0n) is 19.8. The van der Waals surface area contributed by atoms with E-state index in [0.29, 0.717) is 23.1 Å². The van der Waals surface area contributed by atoms with E-state index in [0.717, 1.165) is 39.7 Å². The molecule has 0 radical (unpaired) electrons. The summed E-state index contributed by atoms with van der Waals surface area (Å²) in [5.74, 6) is 0.442. The molecular weight excluding hydrogens is 480 g/mol. The molecule has 184 valence electrons. The third kappa shape index (κ3) is 6.73. The van der Waals surface area contributed by atoms with Crippen molar-refractivity contribution < 1.29 is 28.6 Å². The molecule has 0 atom stereocenters. The quantitative estimate of drug-likeness (QED) is 0.249. The van der Waals surface area contributed by atoms with Crippen LogP contribution in [0.2, 0.25) is 0 Å². The summed E-state index contributed by atoms with van der Waals surface area (Å²) >= 11 is 0.889. The number of thioether (sulfide) groups is 1. The maximum absolute atomic E-state index is 11.7. The minimum Gasteiger partial charge on any atom is -0.489 e. The van der Waals surface area contributed by atoms with Crippen LogP contribution in [-0.4, -0.2) is 35.3 Å². The number of hydrogen-bond donors (Lipinski definition) is 1. The Morgan fingerprint density at radius 2 is 1.83 bits per heavy atom. The van der Waals surface area contributed by atoms with Crippen molar-refractivity contribution in [1.29, 1.82) is 0 Å². The molecular formula is C27H24N2O6S. The van der Waals surface area contributed by atoms with Gasteiger partial charge in [-0.15, -0.1) is 0 Å². The summed E-state index contributed by atoms with van der Waals surface area (Å²) in [5, 5.41) is 1.88. The third-order valence-corrected chi connectivity index (χ3v) is 5.97. The average Bonchev–Trinajstić information content (AvgIpc) is 3.17. The SMILES string of the molecule is CC(=O)OCCOc1ccc(-c2cccc(COc3ccc(/C=C4\SC(=O)NC4=O)cc3)c2)c(C)n1. The maximum atomic E-state index is 11.7. The van der Waals surface area contributed by atoms with Crippen molar-refractivity contribution in [2.75, 3.05) is 13.2 Å². The van der Waals surface area contributed by atoms with Gasteiger partial charge in [-0.05, 0) is 65.7 Å². The summed E-state index contributed by atoms with van der Waals surface area (Å²) in [6, 6.07) is 19.1. The molecule has 8 nitrogen and oxygen atoms in total. The summed E-state index contributed by atoms with van der Waals surface area (Å²) in [7, 11) is 0. The fourth-order valence-corrected chi connectivity index (χ4v) is 4.17. The largest absolute Gasteiger partial charge is 0.489 e. The lowest BCUT2D eigenvalue weighted by atomic mass is 10.0. The highest BCUT2D eigenvalue weighted by Crippen LogP contribution is 2.27. The molecule has 1 aliphatic rings. The van der Waals surface area contributed by atoms with Gasteiger partial charge in [0.15, 0.2) is 0 Å². The van der Waals surface area contributed by atoms with E-state index >= 15 is 0 Å². The number of pyridine rings is 1. The van der Waals surface area contributed by atoms with Crippen molar-refractivity contribution >= 4 is 35.0 Å². The molecule has 2 aromatic carbocycles. The first-order chi connectivity index (χ1) is 17.4. The molecule has 1 aliphatic heterocycles. The van der Waals surface area contributed by atoms with E-state index < -0.39 is 0 Å². The van der Waals surface area contributed by atoms with Crippen molar-refractivity contribution in [3.05, 3.63) is 82.4 Å². The number of carbonyl (C=O) groups excluding carboxylic acids is 3. The fourth-order valence-electron chi connectivity index (χ4n) is 3.48. The number of nitrogens with one attached hydrogen (secondary N) is 1. The minimum atomic E-state index is -0.378. The van der Waals surface area contributed by atoms with Gasteiger partial charge in [-0.1, -0.05) is 30.3 Å². The van der Waals surface area contributed by atoms with E-state index in [1.807, 2.05) is 55.5 Å². The van der Waals surface area contributed by atoms with Crippen molar-refractivity contribution in [3.8, 4) is 22.8 Å². The summed E-state index contributed by atoms with van der Waals surface area (Å²) in [4.78, 5) is 38.7. The summed E-state index contributed by atoms with van der Waals surface area (Å²) in [5.41, 5.74) is 4.61. The van der Waals surface area contributed by atoms with Crippen LogP contribution in [-0.2, 0) is 20.9 Å². The van der Waals surface area contributed by atoms with E-state index in [9.17, 15) is 14.4 Å². The van der Waals surface area contributed by atoms with Crippen LogP contribution in [0.1, 0.15) is 23.7 Å². The first-order valence-corrected chi connectivity index (χ1v) is 12.0. The lowest BCUT2D eigenvalue weighted by Crippen LogP contribution is -2.17. The first-order valence-electron chi connectivity index (χ1n) is 11.2. The Morgan fingerprint density at radius 3 is 2.53 bits per heavy atom. The monoisotopic (exact) mass is 504 g/mol. The molecule has 1 N–H and O–H groups in total. The van der Waals surface area contributed by atoms with Gasteiger partial charge >= 0.3 is 5.97 Å². The smallest absolute Gasteiger partial charge is 0.302 e. The highest BCUT2D eigenvalue weighted by molar-refractivity contribution is 8.18. The molecule has 1 aromatic heterocycles. The molecule has 9 heteroatoms. The maximum Gasteiger partial charge on any atom is 0.302 e. The average molecular weight is 505 g/mol. The van der Waals surface area contributed by atoms with Gasteiger partial charge in [-0.2, -0.15) is 0 Å². The molecule has 2 amide bonds. The number of rotatable bonds is 9. The van der Waals surface area contributed by atoms with Crippen molar-refractivity contribution in [2.24, 2.45) is 0 Å². The number of benzene rings is 2. The van der Waals surface area contributed by atoms with Crippen LogP contribution in [0.3, 0.4) is 0 Å². The lowest BCUT2D eigenvalue weighted by molar-refractivity contribution is -0.141. The summed E-state index contributed by atoms with van der Waals surface area (Å²) in [6.45, 7) is 4.07. The highest BCUT2D eigenvalue weighted by atomic mass is 32.2. The van der Waals surface area contributed by atoms with E-state index in [1.54, 1.807) is 12.1 Å². The second kappa shape index (κ2) is 11.5. The number of aryl methyl sites for hydroxylation is 1. The Morgan fingerprint density at radius 1 is 1.03 bits per heavy atom. The predicted octanol–water partition coefficient (Wildman–Crippen LogP) is 4.90. The number of imide groups is 1. The van der Waals surface area contributed by atoms with Gasteiger partial charge in [0.25, 0.3) is 11.1 Å². The van der Waals surface area contributed by atoms with E-state index in [4.69, 9.17) is 14.2 Å². The number of amides is 2. The van der Waals surface area contributed by atoms with Gasteiger partial charge in [-0.3, -0.25) is 19.7 Å². The van der Waals surface area contributed by atoms with Crippen molar-refractivity contribution in [2.45, 2.75) is 20.5 Å². The van der Waals surface area contributed by atoms with Gasteiger partial charge in [0, 0.05) is 24.2 Å². The topological polar surface area (TPSA) is 104 Å². The van der Waals surface area contributed by atoms with E-state index in [-0.39, 0.29) is 30.3 Å². The summed E-state index contributed by atoms with van der Waals surface area (Å²) < 4.78 is 16.3. The number of esters is 1. The predicted molar refractivity (Wildman–Crippen MR) is 136 cm³/mol. The number of nitrogens with zero attached hydrogens (tertiary/aromatic N) is 1. The molecule has 1 saturated heterocycles. The lowest BCUT2D eigenvalue weighted by Gasteiger charge is -2.11. The number of ether oxygens (including phenoxy) is 3. The second-order valence-corrected chi connectivity index (χ2v) is 8.90. The molecule has 2 heterocycles. The standard InChI is InChI=1S/C27H24N2O6S/c1-17-23(10-11-25(28-17)34-13-12-33-18(2)30)21-5-3-4-20(14-21)16-35-22-8-6-19(7-9-22)15-24-26(31)29-27(32)36-24/h3-11,14-15H,12-13,16H2,1-2H3,(H,29,31,32)/b24-15-. The Labute approximate surface area is 212 Å². The van der Waals surface area contributed by atoms with E-state index in [1.165, 1.54) is 6.92 Å². The molecule has 36 heavy (non-hydrogen) atoms.